The lowest BCUT2D eigenvalue weighted by molar-refractivity contribution is -0.142. The average molecular weight is 250 g/mol. The predicted molar refractivity (Wildman–Crippen MR) is 67.4 cm³/mol. The Bertz CT molecular complexity index is 436. The summed E-state index contributed by atoms with van der Waals surface area (Å²) in [5.74, 6) is -0.0197. The number of aliphatic carboxylic acids is 1. The molecule has 0 aromatic heterocycles. The highest BCUT2D eigenvalue weighted by atomic mass is 16.5. The van der Waals surface area contributed by atoms with Gasteiger partial charge in [-0.15, -0.1) is 0 Å². The van der Waals surface area contributed by atoms with Gasteiger partial charge in [-0.2, -0.15) is 0 Å². The normalized spacial score (nSPS) is 24.1. The van der Waals surface area contributed by atoms with E-state index >= 15 is 0 Å². The summed E-state index contributed by atoms with van der Waals surface area (Å²) in [6, 6.07) is 7.12. The van der Waals surface area contributed by atoms with E-state index in [1.807, 2.05) is 29.2 Å². The first-order valence-corrected chi connectivity index (χ1v) is 5.95. The number of likely N-dealkylation sites (tertiary alicyclic amines) is 1. The third-order valence-electron chi connectivity index (χ3n) is 3.24. The molecule has 0 amide bonds. The molecule has 0 saturated carbocycles. The van der Waals surface area contributed by atoms with Gasteiger partial charge in [0, 0.05) is 19.1 Å². The Labute approximate surface area is 106 Å². The number of methoxy groups -OCH3 is 1. The van der Waals surface area contributed by atoms with Gasteiger partial charge in [0.05, 0.1) is 7.11 Å². The van der Waals surface area contributed by atoms with Gasteiger partial charge in [0.1, 0.15) is 11.8 Å². The molecule has 1 heterocycles. The zero-order chi connectivity index (χ0) is 13.1. The molecule has 0 bridgehead atoms. The molecule has 0 spiro atoms. The van der Waals surface area contributed by atoms with E-state index in [4.69, 9.17) is 15.6 Å². The van der Waals surface area contributed by atoms with Crippen molar-refractivity contribution < 1.29 is 14.6 Å². The molecule has 98 valence electrons. The molecule has 1 aliphatic heterocycles. The molecule has 1 fully saturated rings. The van der Waals surface area contributed by atoms with Crippen molar-refractivity contribution in [2.24, 2.45) is 5.73 Å². The van der Waals surface area contributed by atoms with Crippen LogP contribution in [0.4, 0.5) is 0 Å². The molecule has 18 heavy (non-hydrogen) atoms. The van der Waals surface area contributed by atoms with Crippen LogP contribution in [0.15, 0.2) is 24.3 Å². The fourth-order valence-electron chi connectivity index (χ4n) is 2.38. The number of rotatable bonds is 4. The van der Waals surface area contributed by atoms with E-state index in [0.29, 0.717) is 19.5 Å². The fourth-order valence-corrected chi connectivity index (χ4v) is 2.38. The van der Waals surface area contributed by atoms with Crippen LogP contribution in [0.25, 0.3) is 0 Å². The minimum absolute atomic E-state index is 0.0586. The summed E-state index contributed by atoms with van der Waals surface area (Å²) in [5, 5.41) is 9.16. The van der Waals surface area contributed by atoms with Crippen LogP contribution in [0.3, 0.4) is 0 Å². The van der Waals surface area contributed by atoms with Crippen molar-refractivity contribution in [1.82, 2.24) is 4.90 Å². The van der Waals surface area contributed by atoms with Gasteiger partial charge in [-0.25, -0.2) is 0 Å². The fraction of sp³-hybridized carbons (Fsp3) is 0.462. The first-order valence-electron chi connectivity index (χ1n) is 5.95. The number of nitrogens with two attached hydrogens (primary N) is 1. The molecular formula is C13H18N2O3. The molecule has 1 aromatic carbocycles. The number of benzene rings is 1. The van der Waals surface area contributed by atoms with Crippen LogP contribution in [0.1, 0.15) is 12.0 Å². The molecule has 5 nitrogen and oxygen atoms in total. The van der Waals surface area contributed by atoms with E-state index in [-0.39, 0.29) is 6.04 Å². The third kappa shape index (κ3) is 2.80. The number of carboxylic acids is 1. The molecule has 1 aromatic rings. The number of hydrogen-bond donors (Lipinski definition) is 2. The first-order chi connectivity index (χ1) is 8.60. The van der Waals surface area contributed by atoms with Gasteiger partial charge in [0.25, 0.3) is 0 Å². The summed E-state index contributed by atoms with van der Waals surface area (Å²) in [5.41, 5.74) is 6.87. The summed E-state index contributed by atoms with van der Waals surface area (Å²) in [4.78, 5) is 13.1. The van der Waals surface area contributed by atoms with Crippen molar-refractivity contribution in [3.63, 3.8) is 0 Å². The maximum atomic E-state index is 11.1. The van der Waals surface area contributed by atoms with Crippen LogP contribution in [0, 0.1) is 0 Å². The van der Waals surface area contributed by atoms with Gasteiger partial charge in [-0.1, -0.05) is 12.1 Å². The smallest absolute Gasteiger partial charge is 0.320 e. The summed E-state index contributed by atoms with van der Waals surface area (Å²) < 4.78 is 5.16. The van der Waals surface area contributed by atoms with E-state index < -0.39 is 12.0 Å². The lowest BCUT2D eigenvalue weighted by atomic mass is 10.1. The second-order valence-corrected chi connectivity index (χ2v) is 4.63. The van der Waals surface area contributed by atoms with Crippen molar-refractivity contribution in [1.29, 1.82) is 0 Å². The van der Waals surface area contributed by atoms with Gasteiger partial charge in [-0.3, -0.25) is 9.69 Å². The molecule has 2 unspecified atom stereocenters. The predicted octanol–water partition coefficient (Wildman–Crippen LogP) is 0.681. The average Bonchev–Trinajstić information content (AvgIpc) is 2.70. The standard InChI is InChI=1S/C13H18N2O3/c1-18-11-4-2-3-9(5-11)7-15-8-10(14)6-12(15)13(16)17/h2-5,10,12H,6-8,14H2,1H3,(H,16,17). The highest BCUT2D eigenvalue weighted by Crippen LogP contribution is 2.21. The van der Waals surface area contributed by atoms with Crippen molar-refractivity contribution in [3.05, 3.63) is 29.8 Å². The number of nitrogens with zero attached hydrogens (tertiary/aromatic N) is 1. The molecule has 1 aliphatic rings. The monoisotopic (exact) mass is 250 g/mol. The SMILES string of the molecule is COc1cccc(CN2CC(N)CC2C(=O)O)c1. The number of carboxylic acid groups (broad SMARTS) is 1. The third-order valence-corrected chi connectivity index (χ3v) is 3.24. The van der Waals surface area contributed by atoms with E-state index in [2.05, 4.69) is 0 Å². The Morgan fingerprint density at radius 2 is 2.39 bits per heavy atom. The van der Waals surface area contributed by atoms with Gasteiger partial charge >= 0.3 is 5.97 Å². The highest BCUT2D eigenvalue weighted by Gasteiger charge is 2.34. The molecule has 3 N–H and O–H groups in total. The van der Waals surface area contributed by atoms with Crippen LogP contribution in [-0.2, 0) is 11.3 Å². The summed E-state index contributed by atoms with van der Waals surface area (Å²) in [6.45, 7) is 1.20. The van der Waals surface area contributed by atoms with Gasteiger partial charge in [-0.05, 0) is 24.1 Å². The van der Waals surface area contributed by atoms with Gasteiger partial charge in [0.15, 0.2) is 0 Å². The topological polar surface area (TPSA) is 75.8 Å². The Morgan fingerprint density at radius 3 is 3.06 bits per heavy atom. The number of ether oxygens (including phenoxy) is 1. The second-order valence-electron chi connectivity index (χ2n) is 4.63. The maximum Gasteiger partial charge on any atom is 0.320 e. The Morgan fingerprint density at radius 1 is 1.61 bits per heavy atom. The van der Waals surface area contributed by atoms with Crippen molar-refractivity contribution in [2.75, 3.05) is 13.7 Å². The Kier molecular flexibility index (Phi) is 3.84. The largest absolute Gasteiger partial charge is 0.497 e. The molecule has 1 saturated heterocycles. The maximum absolute atomic E-state index is 11.1. The minimum atomic E-state index is -0.800. The van der Waals surface area contributed by atoms with E-state index in [1.165, 1.54) is 0 Å². The Balaban J connectivity index is 2.09. The van der Waals surface area contributed by atoms with E-state index in [1.54, 1.807) is 7.11 Å². The van der Waals surface area contributed by atoms with E-state index in [9.17, 15) is 4.79 Å². The summed E-state index contributed by atoms with van der Waals surface area (Å²) in [6.07, 6.45) is 0.513. The number of carbonyl (C=O) groups is 1. The summed E-state index contributed by atoms with van der Waals surface area (Å²) in [7, 11) is 1.62. The van der Waals surface area contributed by atoms with E-state index in [0.717, 1.165) is 11.3 Å². The Hall–Kier alpha value is -1.59. The van der Waals surface area contributed by atoms with Crippen LogP contribution in [0.5, 0.6) is 5.75 Å². The molecule has 2 rings (SSSR count). The van der Waals surface area contributed by atoms with Crippen molar-refractivity contribution in [2.45, 2.75) is 25.0 Å². The van der Waals surface area contributed by atoms with Gasteiger partial charge in [0.2, 0.25) is 0 Å². The lowest BCUT2D eigenvalue weighted by Gasteiger charge is -2.21. The molecule has 2 atom stereocenters. The lowest BCUT2D eigenvalue weighted by Crippen LogP contribution is -2.35. The molecule has 0 aliphatic carbocycles. The molecular weight excluding hydrogens is 232 g/mol. The number of hydrogen-bond acceptors (Lipinski definition) is 4. The first kappa shape index (κ1) is 12.9. The van der Waals surface area contributed by atoms with Crippen molar-refractivity contribution in [3.8, 4) is 5.75 Å². The molecule has 5 heteroatoms. The van der Waals surface area contributed by atoms with Crippen LogP contribution < -0.4 is 10.5 Å². The minimum Gasteiger partial charge on any atom is -0.497 e. The second kappa shape index (κ2) is 5.37. The van der Waals surface area contributed by atoms with Crippen LogP contribution in [-0.4, -0.2) is 41.7 Å². The zero-order valence-corrected chi connectivity index (χ0v) is 10.4. The highest BCUT2D eigenvalue weighted by molar-refractivity contribution is 5.74. The van der Waals surface area contributed by atoms with Crippen LogP contribution >= 0.6 is 0 Å². The molecule has 0 radical (unpaired) electrons. The zero-order valence-electron chi connectivity index (χ0n) is 10.4. The van der Waals surface area contributed by atoms with Crippen molar-refractivity contribution >= 4 is 5.97 Å². The summed E-state index contributed by atoms with van der Waals surface area (Å²) >= 11 is 0. The quantitative estimate of drug-likeness (QED) is 0.822. The van der Waals surface area contributed by atoms with Gasteiger partial charge < -0.3 is 15.6 Å². The van der Waals surface area contributed by atoms with Crippen LogP contribution in [0.2, 0.25) is 0 Å².